The van der Waals surface area contributed by atoms with Crippen LogP contribution < -0.4 is 9.64 Å². The van der Waals surface area contributed by atoms with Crippen LogP contribution in [0, 0.1) is 0 Å². The maximum Gasteiger partial charge on any atom is 0.230 e. The third-order valence-corrected chi connectivity index (χ3v) is 3.17. The lowest BCUT2D eigenvalue weighted by atomic mass is 9.98. The van der Waals surface area contributed by atoms with Crippen molar-refractivity contribution in [2.75, 3.05) is 12.0 Å². The van der Waals surface area contributed by atoms with Crippen LogP contribution in [0.2, 0.25) is 0 Å². The molecular formula is C16H19NO3. The van der Waals surface area contributed by atoms with Crippen LogP contribution in [0.1, 0.15) is 32.1 Å². The predicted molar refractivity (Wildman–Crippen MR) is 77.9 cm³/mol. The lowest BCUT2D eigenvalue weighted by Gasteiger charge is -2.39. The molecule has 0 aliphatic carbocycles. The van der Waals surface area contributed by atoms with E-state index in [9.17, 15) is 4.79 Å². The Bertz CT molecular complexity index is 546. The minimum atomic E-state index is 0.0147. The number of β-lactam (4-membered cyclic amide) rings is 1. The van der Waals surface area contributed by atoms with Gasteiger partial charge in [-0.2, -0.15) is 0 Å². The molecule has 1 amide bonds. The summed E-state index contributed by atoms with van der Waals surface area (Å²) in [5, 5.41) is 0. The molecule has 1 fully saturated rings. The quantitative estimate of drug-likeness (QED) is 0.799. The van der Waals surface area contributed by atoms with Crippen LogP contribution in [0.15, 0.2) is 47.1 Å². The highest BCUT2D eigenvalue weighted by atomic mass is 16.5. The van der Waals surface area contributed by atoms with E-state index in [2.05, 4.69) is 0 Å². The van der Waals surface area contributed by atoms with Gasteiger partial charge in [-0.3, -0.25) is 4.79 Å². The predicted octanol–water partition coefficient (Wildman–Crippen LogP) is 3.79. The highest BCUT2D eigenvalue weighted by molar-refractivity contribution is 6.00. The zero-order chi connectivity index (χ0) is 14.5. The number of carbonyl (C=O) groups is 1. The number of hydrogen-bond donors (Lipinski definition) is 0. The van der Waals surface area contributed by atoms with Gasteiger partial charge in [0.2, 0.25) is 5.91 Å². The Balaban J connectivity index is 0.000000704. The van der Waals surface area contributed by atoms with Crippen molar-refractivity contribution in [3.63, 3.8) is 0 Å². The zero-order valence-corrected chi connectivity index (χ0v) is 12.0. The molecule has 2 aromatic rings. The number of furan rings is 1. The Morgan fingerprint density at radius 2 is 1.90 bits per heavy atom. The van der Waals surface area contributed by atoms with Crippen LogP contribution in [-0.4, -0.2) is 13.0 Å². The molecule has 4 heteroatoms. The van der Waals surface area contributed by atoms with E-state index in [0.717, 1.165) is 17.2 Å². The second-order valence-electron chi connectivity index (χ2n) is 4.20. The summed E-state index contributed by atoms with van der Waals surface area (Å²) in [5.74, 6) is 1.72. The van der Waals surface area contributed by atoms with Gasteiger partial charge in [-0.05, 0) is 36.4 Å². The third kappa shape index (κ3) is 2.54. The Morgan fingerprint density at radius 3 is 2.40 bits per heavy atom. The summed E-state index contributed by atoms with van der Waals surface area (Å²) in [7, 11) is 1.62. The van der Waals surface area contributed by atoms with Crippen molar-refractivity contribution in [3.05, 3.63) is 48.4 Å². The van der Waals surface area contributed by atoms with Crippen molar-refractivity contribution in [2.45, 2.75) is 26.3 Å². The maximum atomic E-state index is 11.7. The fourth-order valence-electron chi connectivity index (χ4n) is 2.19. The number of hydrogen-bond acceptors (Lipinski definition) is 3. The first-order valence-electron chi connectivity index (χ1n) is 6.79. The minimum absolute atomic E-state index is 0.0147. The molecule has 1 aliphatic rings. The number of anilines is 1. The molecule has 0 radical (unpaired) electrons. The molecule has 106 valence electrons. The van der Waals surface area contributed by atoms with Crippen molar-refractivity contribution in [3.8, 4) is 5.75 Å². The van der Waals surface area contributed by atoms with Crippen LogP contribution in [0.3, 0.4) is 0 Å². The maximum absolute atomic E-state index is 11.7. The summed E-state index contributed by atoms with van der Waals surface area (Å²) >= 11 is 0. The van der Waals surface area contributed by atoms with Crippen LogP contribution in [0.4, 0.5) is 5.69 Å². The molecule has 1 aromatic carbocycles. The highest BCUT2D eigenvalue weighted by Gasteiger charge is 2.39. The van der Waals surface area contributed by atoms with E-state index in [1.807, 2.05) is 50.2 Å². The summed E-state index contributed by atoms with van der Waals surface area (Å²) in [6.45, 7) is 4.00. The number of benzene rings is 1. The molecule has 1 atom stereocenters. The second kappa shape index (κ2) is 6.28. The molecule has 0 unspecified atom stereocenters. The number of ether oxygens (including phenoxy) is 1. The standard InChI is InChI=1S/C14H13NO3.C2H6/c1-17-11-6-4-10(5-7-11)15-12(9-14(15)16)13-3-2-8-18-13;1-2/h2-8,12H,9H2,1H3;1-2H3/t12-;/m1./s1. The summed E-state index contributed by atoms with van der Waals surface area (Å²) in [5.41, 5.74) is 0.869. The first kappa shape index (κ1) is 14.2. The summed E-state index contributed by atoms with van der Waals surface area (Å²) in [6.07, 6.45) is 2.13. The van der Waals surface area contributed by atoms with Gasteiger partial charge in [0.1, 0.15) is 17.6 Å². The molecule has 2 heterocycles. The SMILES string of the molecule is CC.COc1ccc(N2C(=O)C[C@@H]2c2ccco2)cc1. The second-order valence-corrected chi connectivity index (χ2v) is 4.20. The molecule has 0 bridgehead atoms. The molecule has 3 rings (SSSR count). The average molecular weight is 273 g/mol. The number of carbonyl (C=O) groups excluding carboxylic acids is 1. The number of methoxy groups -OCH3 is 1. The highest BCUT2D eigenvalue weighted by Crippen LogP contribution is 2.39. The molecule has 0 saturated carbocycles. The molecule has 4 nitrogen and oxygen atoms in total. The number of nitrogens with zero attached hydrogens (tertiary/aromatic N) is 1. The lowest BCUT2D eigenvalue weighted by Crippen LogP contribution is -2.46. The van der Waals surface area contributed by atoms with Crippen molar-refractivity contribution in [2.24, 2.45) is 0 Å². The molecular weight excluding hydrogens is 254 g/mol. The van der Waals surface area contributed by atoms with Crippen molar-refractivity contribution < 1.29 is 13.9 Å². The van der Waals surface area contributed by atoms with E-state index in [0.29, 0.717) is 6.42 Å². The van der Waals surface area contributed by atoms with Gasteiger partial charge >= 0.3 is 0 Å². The van der Waals surface area contributed by atoms with E-state index < -0.39 is 0 Å². The Labute approximate surface area is 119 Å². The van der Waals surface area contributed by atoms with Gasteiger partial charge in [0.25, 0.3) is 0 Å². The van der Waals surface area contributed by atoms with Gasteiger partial charge in [-0.15, -0.1) is 0 Å². The van der Waals surface area contributed by atoms with Gasteiger partial charge in [0, 0.05) is 5.69 Å². The molecule has 0 N–H and O–H groups in total. The Kier molecular flexibility index (Phi) is 4.45. The molecule has 20 heavy (non-hydrogen) atoms. The molecule has 1 aromatic heterocycles. The molecule has 0 spiro atoms. The normalized spacial score (nSPS) is 17.1. The lowest BCUT2D eigenvalue weighted by molar-refractivity contribution is -0.124. The number of rotatable bonds is 3. The molecule has 1 aliphatic heterocycles. The Hall–Kier alpha value is -2.23. The Morgan fingerprint density at radius 1 is 1.20 bits per heavy atom. The summed E-state index contributed by atoms with van der Waals surface area (Å²) in [6, 6.07) is 11.2. The molecule has 1 saturated heterocycles. The fourth-order valence-corrected chi connectivity index (χ4v) is 2.19. The summed E-state index contributed by atoms with van der Waals surface area (Å²) in [4.78, 5) is 13.5. The smallest absolute Gasteiger partial charge is 0.230 e. The van der Waals surface area contributed by atoms with Crippen molar-refractivity contribution in [1.29, 1.82) is 0 Å². The monoisotopic (exact) mass is 273 g/mol. The van der Waals surface area contributed by atoms with Crippen molar-refractivity contribution in [1.82, 2.24) is 0 Å². The van der Waals surface area contributed by atoms with Gasteiger partial charge in [0.15, 0.2) is 0 Å². The fraction of sp³-hybridized carbons (Fsp3) is 0.312. The first-order chi connectivity index (χ1) is 9.79. The largest absolute Gasteiger partial charge is 0.497 e. The average Bonchev–Trinajstić information content (AvgIpc) is 3.01. The van der Waals surface area contributed by atoms with E-state index in [1.54, 1.807) is 18.3 Å². The zero-order valence-electron chi connectivity index (χ0n) is 12.0. The van der Waals surface area contributed by atoms with Crippen LogP contribution >= 0.6 is 0 Å². The van der Waals surface area contributed by atoms with E-state index in [1.165, 1.54) is 0 Å². The van der Waals surface area contributed by atoms with E-state index in [-0.39, 0.29) is 11.9 Å². The van der Waals surface area contributed by atoms with Crippen LogP contribution in [0.5, 0.6) is 5.75 Å². The topological polar surface area (TPSA) is 42.7 Å². The minimum Gasteiger partial charge on any atom is -0.497 e. The van der Waals surface area contributed by atoms with Gasteiger partial charge in [-0.1, -0.05) is 13.8 Å². The van der Waals surface area contributed by atoms with Crippen LogP contribution in [0.25, 0.3) is 0 Å². The van der Waals surface area contributed by atoms with Crippen LogP contribution in [-0.2, 0) is 4.79 Å². The van der Waals surface area contributed by atoms with Gasteiger partial charge in [-0.25, -0.2) is 0 Å². The number of amides is 1. The van der Waals surface area contributed by atoms with E-state index >= 15 is 0 Å². The summed E-state index contributed by atoms with van der Waals surface area (Å²) < 4.78 is 10.5. The van der Waals surface area contributed by atoms with Gasteiger partial charge in [0.05, 0.1) is 19.8 Å². The van der Waals surface area contributed by atoms with Crippen molar-refractivity contribution >= 4 is 11.6 Å². The third-order valence-electron chi connectivity index (χ3n) is 3.17. The van der Waals surface area contributed by atoms with E-state index in [4.69, 9.17) is 9.15 Å². The van der Waals surface area contributed by atoms with Gasteiger partial charge < -0.3 is 14.1 Å². The first-order valence-corrected chi connectivity index (χ1v) is 6.79.